The van der Waals surface area contributed by atoms with Crippen molar-refractivity contribution in [1.29, 1.82) is 0 Å². The topological polar surface area (TPSA) is 67.2 Å². The fraction of sp³-hybridized carbons (Fsp3) is 0.389. The third-order valence-corrected chi connectivity index (χ3v) is 6.62. The van der Waals surface area contributed by atoms with Crippen molar-refractivity contribution in [3.8, 4) is 10.4 Å². The molecular formula is C18H21ClN4O2S2. The van der Waals surface area contributed by atoms with Gasteiger partial charge in [-0.15, -0.1) is 35.1 Å². The quantitative estimate of drug-likeness (QED) is 0.699. The fourth-order valence-corrected chi connectivity index (χ4v) is 5.10. The zero-order valence-electron chi connectivity index (χ0n) is 14.9. The van der Waals surface area contributed by atoms with E-state index in [0.29, 0.717) is 18.0 Å². The van der Waals surface area contributed by atoms with Crippen LogP contribution in [-0.2, 0) is 11.3 Å². The zero-order valence-corrected chi connectivity index (χ0v) is 17.3. The Morgan fingerprint density at radius 2 is 2.26 bits per heavy atom. The van der Waals surface area contributed by atoms with E-state index in [4.69, 9.17) is 0 Å². The van der Waals surface area contributed by atoms with Crippen LogP contribution in [0.2, 0.25) is 0 Å². The van der Waals surface area contributed by atoms with Crippen LogP contribution in [0.25, 0.3) is 20.7 Å². The average Bonchev–Trinajstić information content (AvgIpc) is 3.33. The van der Waals surface area contributed by atoms with Gasteiger partial charge in [0.2, 0.25) is 5.91 Å². The van der Waals surface area contributed by atoms with E-state index in [1.54, 1.807) is 11.3 Å². The molecule has 3 aromatic heterocycles. The van der Waals surface area contributed by atoms with E-state index in [0.717, 1.165) is 34.7 Å². The summed E-state index contributed by atoms with van der Waals surface area (Å²) in [6.07, 6.45) is 3.56. The molecule has 1 saturated heterocycles. The lowest BCUT2D eigenvalue weighted by Crippen LogP contribution is -2.48. The number of halogens is 1. The van der Waals surface area contributed by atoms with Gasteiger partial charge in [0, 0.05) is 35.0 Å². The number of nitrogens with one attached hydrogen (secondary N) is 1. The number of likely N-dealkylation sites (tertiary alicyclic amines) is 1. The van der Waals surface area contributed by atoms with Crippen LogP contribution in [-0.4, -0.2) is 46.5 Å². The number of hydrogen-bond donors (Lipinski definition) is 1. The Bertz CT molecular complexity index is 983. The van der Waals surface area contributed by atoms with Crippen molar-refractivity contribution < 1.29 is 4.79 Å². The molecule has 6 nitrogen and oxygen atoms in total. The summed E-state index contributed by atoms with van der Waals surface area (Å²) in [5, 5.41) is 7.81. The first-order chi connectivity index (χ1) is 12.7. The summed E-state index contributed by atoms with van der Waals surface area (Å²) >= 11 is 3.06. The van der Waals surface area contributed by atoms with Gasteiger partial charge in [-0.2, -0.15) is 0 Å². The molecular weight excluding hydrogens is 404 g/mol. The van der Waals surface area contributed by atoms with Crippen LogP contribution < -0.4 is 10.9 Å². The molecule has 0 radical (unpaired) electrons. The molecule has 1 aliphatic rings. The minimum absolute atomic E-state index is 0. The third kappa shape index (κ3) is 3.94. The first kappa shape index (κ1) is 20.0. The summed E-state index contributed by atoms with van der Waals surface area (Å²) < 4.78 is 1.44. The monoisotopic (exact) mass is 424 g/mol. The number of amides is 1. The Kier molecular flexibility index (Phi) is 6.31. The van der Waals surface area contributed by atoms with Crippen molar-refractivity contribution in [3.63, 3.8) is 0 Å². The Hall–Kier alpha value is -1.74. The predicted molar refractivity (Wildman–Crippen MR) is 113 cm³/mol. The summed E-state index contributed by atoms with van der Waals surface area (Å²) in [4.78, 5) is 33.7. The minimum atomic E-state index is -0.143. The number of rotatable bonds is 4. The largest absolute Gasteiger partial charge is 0.340 e. The Morgan fingerprint density at radius 3 is 3.00 bits per heavy atom. The molecule has 1 N–H and O–H groups in total. The van der Waals surface area contributed by atoms with Gasteiger partial charge in [-0.3, -0.25) is 14.2 Å². The van der Waals surface area contributed by atoms with Gasteiger partial charge in [-0.05, 0) is 31.3 Å². The van der Waals surface area contributed by atoms with E-state index >= 15 is 0 Å². The number of piperidine rings is 1. The van der Waals surface area contributed by atoms with Crippen LogP contribution in [0.3, 0.4) is 0 Å². The van der Waals surface area contributed by atoms with E-state index in [-0.39, 0.29) is 30.4 Å². The number of fused-ring (bicyclic) bond motifs is 1. The highest BCUT2D eigenvalue weighted by Crippen LogP contribution is 2.33. The zero-order chi connectivity index (χ0) is 18.1. The van der Waals surface area contributed by atoms with Crippen LogP contribution in [0.1, 0.15) is 12.8 Å². The Balaban J connectivity index is 0.00000210. The Morgan fingerprint density at radius 1 is 1.41 bits per heavy atom. The fourth-order valence-electron chi connectivity index (χ4n) is 3.38. The summed E-state index contributed by atoms with van der Waals surface area (Å²) in [7, 11) is 1.92. The van der Waals surface area contributed by atoms with Gasteiger partial charge in [0.05, 0.1) is 11.7 Å². The predicted octanol–water partition coefficient (Wildman–Crippen LogP) is 2.82. The highest BCUT2D eigenvalue weighted by Gasteiger charge is 2.23. The van der Waals surface area contributed by atoms with Crippen LogP contribution >= 0.6 is 35.1 Å². The van der Waals surface area contributed by atoms with E-state index in [1.807, 2.05) is 34.8 Å². The summed E-state index contributed by atoms with van der Waals surface area (Å²) in [5.74, 6) is -0.0268. The number of carbonyl (C=O) groups is 1. The van der Waals surface area contributed by atoms with Gasteiger partial charge in [0.15, 0.2) is 0 Å². The third-order valence-electron chi connectivity index (χ3n) is 4.84. The SMILES string of the molecule is CNC1CCCN(C(=O)Cn2cnc3scc(-c4cccs4)c3c2=O)C1.Cl. The number of aromatic nitrogens is 2. The average molecular weight is 425 g/mol. The maximum Gasteiger partial charge on any atom is 0.263 e. The molecule has 0 aliphatic carbocycles. The number of likely N-dealkylation sites (N-methyl/N-ethyl adjacent to an activating group) is 1. The first-order valence-electron chi connectivity index (χ1n) is 8.63. The molecule has 0 saturated carbocycles. The molecule has 4 heterocycles. The molecule has 0 bridgehead atoms. The normalized spacial score (nSPS) is 17.1. The molecule has 27 heavy (non-hydrogen) atoms. The summed E-state index contributed by atoms with van der Waals surface area (Å²) in [6.45, 7) is 1.48. The van der Waals surface area contributed by atoms with E-state index in [1.165, 1.54) is 22.2 Å². The molecule has 9 heteroatoms. The smallest absolute Gasteiger partial charge is 0.263 e. The second-order valence-electron chi connectivity index (χ2n) is 6.45. The molecule has 1 unspecified atom stereocenters. The van der Waals surface area contributed by atoms with Gasteiger partial charge >= 0.3 is 0 Å². The number of carbonyl (C=O) groups excluding carboxylic acids is 1. The van der Waals surface area contributed by atoms with E-state index < -0.39 is 0 Å². The molecule has 4 rings (SSSR count). The van der Waals surface area contributed by atoms with Crippen molar-refractivity contribution >= 4 is 51.2 Å². The van der Waals surface area contributed by atoms with Crippen LogP contribution in [0.5, 0.6) is 0 Å². The number of thiophene rings is 2. The van der Waals surface area contributed by atoms with Crippen molar-refractivity contribution in [3.05, 3.63) is 39.6 Å². The van der Waals surface area contributed by atoms with Gasteiger partial charge in [-0.1, -0.05) is 6.07 Å². The van der Waals surface area contributed by atoms with Gasteiger partial charge in [-0.25, -0.2) is 4.98 Å². The maximum absolute atomic E-state index is 13.0. The molecule has 1 fully saturated rings. The lowest BCUT2D eigenvalue weighted by molar-refractivity contribution is -0.133. The molecule has 1 aliphatic heterocycles. The van der Waals surface area contributed by atoms with Crippen molar-refractivity contribution in [2.45, 2.75) is 25.4 Å². The van der Waals surface area contributed by atoms with Crippen LogP contribution in [0.15, 0.2) is 34.0 Å². The Labute approximate surface area is 171 Å². The molecule has 0 aromatic carbocycles. The molecule has 0 spiro atoms. The van der Waals surface area contributed by atoms with Crippen LogP contribution in [0, 0.1) is 0 Å². The number of hydrogen-bond acceptors (Lipinski definition) is 6. The lowest BCUT2D eigenvalue weighted by Gasteiger charge is -2.32. The molecule has 3 aromatic rings. The summed E-state index contributed by atoms with van der Waals surface area (Å²) in [6, 6.07) is 4.29. The standard InChI is InChI=1S/C18H20N4O2S2.ClH/c1-19-12-4-2-6-21(8-12)15(23)9-22-11-20-17-16(18(22)24)13(10-26-17)14-5-3-7-25-14;/h3,5,7,10-12,19H,2,4,6,8-9H2,1H3;1H. The van der Waals surface area contributed by atoms with Gasteiger partial charge in [0.25, 0.3) is 5.56 Å². The molecule has 1 atom stereocenters. The van der Waals surface area contributed by atoms with Crippen molar-refractivity contribution in [1.82, 2.24) is 19.8 Å². The van der Waals surface area contributed by atoms with E-state index in [2.05, 4.69) is 10.3 Å². The second kappa shape index (κ2) is 8.52. The second-order valence-corrected chi connectivity index (χ2v) is 8.26. The van der Waals surface area contributed by atoms with Gasteiger partial charge in [0.1, 0.15) is 11.4 Å². The van der Waals surface area contributed by atoms with Crippen LogP contribution in [0.4, 0.5) is 0 Å². The highest BCUT2D eigenvalue weighted by atomic mass is 35.5. The van der Waals surface area contributed by atoms with E-state index in [9.17, 15) is 9.59 Å². The highest BCUT2D eigenvalue weighted by molar-refractivity contribution is 7.18. The van der Waals surface area contributed by atoms with Gasteiger partial charge < -0.3 is 10.2 Å². The summed E-state index contributed by atoms with van der Waals surface area (Å²) in [5.41, 5.74) is 0.766. The minimum Gasteiger partial charge on any atom is -0.340 e. The number of nitrogens with zero attached hydrogens (tertiary/aromatic N) is 3. The first-order valence-corrected chi connectivity index (χ1v) is 10.4. The van der Waals surface area contributed by atoms with Crippen molar-refractivity contribution in [2.24, 2.45) is 0 Å². The lowest BCUT2D eigenvalue weighted by atomic mass is 10.1. The maximum atomic E-state index is 13.0. The van der Waals surface area contributed by atoms with Crippen molar-refractivity contribution in [2.75, 3.05) is 20.1 Å². The molecule has 1 amide bonds. The molecule has 144 valence electrons.